The van der Waals surface area contributed by atoms with Crippen LogP contribution in [0.1, 0.15) is 11.1 Å². The normalized spacial score (nSPS) is 12.2. The highest BCUT2D eigenvalue weighted by Crippen LogP contribution is 2.16. The Morgan fingerprint density at radius 2 is 1.50 bits per heavy atom. The highest BCUT2D eigenvalue weighted by Gasteiger charge is 2.14. The first-order valence-electron chi connectivity index (χ1n) is 7.52. The van der Waals surface area contributed by atoms with E-state index in [0.717, 1.165) is 16.5 Å². The molecular formula is C20H19NO. The van der Waals surface area contributed by atoms with Crippen LogP contribution in [-0.4, -0.2) is 11.8 Å². The summed E-state index contributed by atoms with van der Waals surface area (Å²) in [7, 11) is 0. The highest BCUT2D eigenvalue weighted by atomic mass is 16.1. The van der Waals surface area contributed by atoms with Gasteiger partial charge in [0.25, 0.3) is 0 Å². The van der Waals surface area contributed by atoms with Gasteiger partial charge in [0.1, 0.15) is 0 Å². The Hall–Kier alpha value is -2.45. The Labute approximate surface area is 130 Å². The van der Waals surface area contributed by atoms with Crippen LogP contribution in [-0.2, 0) is 17.6 Å². The van der Waals surface area contributed by atoms with Crippen molar-refractivity contribution in [1.29, 1.82) is 0 Å². The fraction of sp³-hybridized carbons (Fsp3) is 0.150. The summed E-state index contributed by atoms with van der Waals surface area (Å²) in [5, 5.41) is 2.34. The number of carbonyl (C=O) groups excluding carboxylic acids is 1. The van der Waals surface area contributed by atoms with E-state index in [4.69, 9.17) is 5.73 Å². The first-order chi connectivity index (χ1) is 10.7. The maximum atomic E-state index is 12.3. The second-order valence-electron chi connectivity index (χ2n) is 5.62. The molecule has 1 atom stereocenters. The minimum atomic E-state index is -0.450. The second-order valence-corrected chi connectivity index (χ2v) is 5.62. The molecule has 1 unspecified atom stereocenters. The van der Waals surface area contributed by atoms with Crippen LogP contribution in [0.3, 0.4) is 0 Å². The standard InChI is InChI=1S/C20H19NO/c21-19(13-15-6-2-1-3-7-15)20(22)14-16-10-11-17-8-4-5-9-18(17)12-16/h1-12,19H,13-14,21H2. The van der Waals surface area contributed by atoms with Crippen LogP contribution in [0.2, 0.25) is 0 Å². The molecule has 0 heterocycles. The summed E-state index contributed by atoms with van der Waals surface area (Å²) in [6.45, 7) is 0. The van der Waals surface area contributed by atoms with Crippen molar-refractivity contribution in [3.8, 4) is 0 Å². The Balaban J connectivity index is 1.69. The van der Waals surface area contributed by atoms with E-state index in [2.05, 4.69) is 24.3 Å². The van der Waals surface area contributed by atoms with Crippen molar-refractivity contribution in [2.45, 2.75) is 18.9 Å². The number of Topliss-reactive ketones (excluding diaryl/α,β-unsaturated/α-hetero) is 1. The molecule has 2 heteroatoms. The lowest BCUT2D eigenvalue weighted by Gasteiger charge is -2.11. The maximum Gasteiger partial charge on any atom is 0.154 e. The topological polar surface area (TPSA) is 43.1 Å². The average molecular weight is 289 g/mol. The van der Waals surface area contributed by atoms with Gasteiger partial charge >= 0.3 is 0 Å². The van der Waals surface area contributed by atoms with Gasteiger partial charge < -0.3 is 5.73 Å². The molecule has 3 aromatic rings. The molecule has 0 aliphatic heterocycles. The molecule has 0 fully saturated rings. The number of ketones is 1. The molecule has 3 aromatic carbocycles. The minimum Gasteiger partial charge on any atom is -0.321 e. The number of nitrogens with two attached hydrogens (primary N) is 1. The first kappa shape index (κ1) is 14.5. The van der Waals surface area contributed by atoms with Crippen molar-refractivity contribution in [3.05, 3.63) is 83.9 Å². The van der Waals surface area contributed by atoms with Crippen LogP contribution in [0.5, 0.6) is 0 Å². The lowest BCUT2D eigenvalue weighted by molar-refractivity contribution is -0.119. The molecule has 2 N–H and O–H groups in total. The summed E-state index contributed by atoms with van der Waals surface area (Å²) < 4.78 is 0. The quantitative estimate of drug-likeness (QED) is 0.781. The third kappa shape index (κ3) is 3.41. The minimum absolute atomic E-state index is 0.0825. The SMILES string of the molecule is NC(Cc1ccccc1)C(=O)Cc1ccc2ccccc2c1. The zero-order chi connectivity index (χ0) is 15.4. The number of benzene rings is 3. The molecular weight excluding hydrogens is 270 g/mol. The maximum absolute atomic E-state index is 12.3. The zero-order valence-electron chi connectivity index (χ0n) is 12.4. The van der Waals surface area contributed by atoms with Gasteiger partial charge in [0.2, 0.25) is 0 Å². The summed E-state index contributed by atoms with van der Waals surface area (Å²) in [4.78, 5) is 12.3. The lowest BCUT2D eigenvalue weighted by Crippen LogP contribution is -2.33. The number of fused-ring (bicyclic) bond motifs is 1. The molecule has 0 amide bonds. The van der Waals surface area contributed by atoms with Crippen LogP contribution < -0.4 is 5.73 Å². The largest absolute Gasteiger partial charge is 0.321 e. The van der Waals surface area contributed by atoms with Gasteiger partial charge in [-0.3, -0.25) is 4.79 Å². The summed E-state index contributed by atoms with van der Waals surface area (Å²) >= 11 is 0. The Bertz CT molecular complexity index is 780. The molecule has 110 valence electrons. The van der Waals surface area contributed by atoms with E-state index in [0.29, 0.717) is 12.8 Å². The molecule has 2 nitrogen and oxygen atoms in total. The third-order valence-corrected chi connectivity index (χ3v) is 3.90. The van der Waals surface area contributed by atoms with Gasteiger partial charge in [-0.05, 0) is 28.3 Å². The molecule has 0 aliphatic carbocycles. The predicted octanol–water partition coefficient (Wildman–Crippen LogP) is 3.52. The van der Waals surface area contributed by atoms with Crippen LogP contribution in [0, 0.1) is 0 Å². The van der Waals surface area contributed by atoms with Crippen LogP contribution >= 0.6 is 0 Å². The van der Waals surface area contributed by atoms with Gasteiger partial charge in [-0.25, -0.2) is 0 Å². The van der Waals surface area contributed by atoms with Crippen molar-refractivity contribution in [1.82, 2.24) is 0 Å². The van der Waals surface area contributed by atoms with Crippen LogP contribution in [0.25, 0.3) is 10.8 Å². The van der Waals surface area contributed by atoms with Crippen molar-refractivity contribution in [2.24, 2.45) is 5.73 Å². The van der Waals surface area contributed by atoms with Gasteiger partial charge in [0, 0.05) is 6.42 Å². The highest BCUT2D eigenvalue weighted by molar-refractivity contribution is 5.88. The van der Waals surface area contributed by atoms with Crippen molar-refractivity contribution in [3.63, 3.8) is 0 Å². The molecule has 0 aromatic heterocycles. The van der Waals surface area contributed by atoms with E-state index >= 15 is 0 Å². The lowest BCUT2D eigenvalue weighted by atomic mass is 9.97. The van der Waals surface area contributed by atoms with Crippen LogP contribution in [0.4, 0.5) is 0 Å². The Morgan fingerprint density at radius 3 is 2.27 bits per heavy atom. The van der Waals surface area contributed by atoms with Gasteiger partial charge in [0.05, 0.1) is 6.04 Å². The smallest absolute Gasteiger partial charge is 0.154 e. The molecule has 22 heavy (non-hydrogen) atoms. The average Bonchev–Trinajstić information content (AvgIpc) is 2.55. The van der Waals surface area contributed by atoms with E-state index in [-0.39, 0.29) is 5.78 Å². The zero-order valence-corrected chi connectivity index (χ0v) is 12.4. The van der Waals surface area contributed by atoms with Crippen molar-refractivity contribution >= 4 is 16.6 Å². The van der Waals surface area contributed by atoms with Gasteiger partial charge in [-0.2, -0.15) is 0 Å². The molecule has 0 bridgehead atoms. The molecule has 0 spiro atoms. The summed E-state index contributed by atoms with van der Waals surface area (Å²) in [5.74, 6) is 0.0825. The molecule has 0 saturated heterocycles. The summed E-state index contributed by atoms with van der Waals surface area (Å²) in [6, 6.07) is 23.8. The van der Waals surface area contributed by atoms with Crippen LogP contribution in [0.15, 0.2) is 72.8 Å². The number of rotatable bonds is 5. The fourth-order valence-corrected chi connectivity index (χ4v) is 2.66. The van der Waals surface area contributed by atoms with Gasteiger partial charge in [-0.15, -0.1) is 0 Å². The third-order valence-electron chi connectivity index (χ3n) is 3.90. The van der Waals surface area contributed by atoms with E-state index in [9.17, 15) is 4.79 Å². The van der Waals surface area contributed by atoms with E-state index in [1.807, 2.05) is 48.5 Å². The monoisotopic (exact) mass is 289 g/mol. The second kappa shape index (κ2) is 6.54. The number of carbonyl (C=O) groups is 1. The number of hydrogen-bond acceptors (Lipinski definition) is 2. The van der Waals surface area contributed by atoms with E-state index in [1.54, 1.807) is 0 Å². The van der Waals surface area contributed by atoms with Crippen molar-refractivity contribution in [2.75, 3.05) is 0 Å². The van der Waals surface area contributed by atoms with E-state index in [1.165, 1.54) is 5.39 Å². The van der Waals surface area contributed by atoms with Crippen molar-refractivity contribution < 1.29 is 4.79 Å². The molecule has 0 saturated carbocycles. The summed E-state index contributed by atoms with van der Waals surface area (Å²) in [5.41, 5.74) is 8.18. The first-order valence-corrected chi connectivity index (χ1v) is 7.52. The molecule has 0 aliphatic rings. The van der Waals surface area contributed by atoms with Gasteiger partial charge in [0.15, 0.2) is 5.78 Å². The Morgan fingerprint density at radius 1 is 0.818 bits per heavy atom. The summed E-state index contributed by atoms with van der Waals surface area (Å²) in [6.07, 6.45) is 0.978. The fourth-order valence-electron chi connectivity index (χ4n) is 2.66. The van der Waals surface area contributed by atoms with Gasteiger partial charge in [-0.1, -0.05) is 72.8 Å². The molecule has 3 rings (SSSR count). The Kier molecular flexibility index (Phi) is 4.31. The number of hydrogen-bond donors (Lipinski definition) is 1. The van der Waals surface area contributed by atoms with E-state index < -0.39 is 6.04 Å². The molecule has 0 radical (unpaired) electrons. The predicted molar refractivity (Wildman–Crippen MR) is 90.8 cm³/mol.